The molecule has 1 unspecified atom stereocenters. The van der Waals surface area contributed by atoms with Crippen molar-refractivity contribution < 1.29 is 4.79 Å². The van der Waals surface area contributed by atoms with Crippen molar-refractivity contribution in [2.45, 2.75) is 31.7 Å². The van der Waals surface area contributed by atoms with Crippen molar-refractivity contribution in [3.05, 3.63) is 63.4 Å². The number of benzene rings is 1. The highest BCUT2D eigenvalue weighted by Crippen LogP contribution is 2.22. The number of nitrogens with zero attached hydrogens (tertiary/aromatic N) is 1. The molecule has 0 saturated carbocycles. The maximum Gasteiger partial charge on any atom is 0.254 e. The van der Waals surface area contributed by atoms with Crippen LogP contribution in [0.15, 0.2) is 36.4 Å². The molecule has 1 aromatic carbocycles. The number of nitrogens with one attached hydrogen (secondary N) is 1. The van der Waals surface area contributed by atoms with Gasteiger partial charge in [0.2, 0.25) is 0 Å². The van der Waals surface area contributed by atoms with E-state index >= 15 is 0 Å². The minimum Gasteiger partial charge on any atom is -0.349 e. The molecule has 0 bridgehead atoms. The third-order valence-corrected chi connectivity index (χ3v) is 4.48. The van der Waals surface area contributed by atoms with Gasteiger partial charge in [0.1, 0.15) is 10.3 Å². The van der Waals surface area contributed by atoms with Crippen LogP contribution in [-0.4, -0.2) is 16.9 Å². The monoisotopic (exact) mass is 334 g/mol. The van der Waals surface area contributed by atoms with Gasteiger partial charge in [0.05, 0.1) is 5.56 Å². The van der Waals surface area contributed by atoms with Crippen LogP contribution in [0.1, 0.15) is 34.3 Å². The lowest BCUT2D eigenvalue weighted by molar-refractivity contribution is 0.0935. The van der Waals surface area contributed by atoms with Crippen LogP contribution >= 0.6 is 23.2 Å². The Bertz CT molecular complexity index is 703. The second kappa shape index (κ2) is 6.67. The number of halogens is 2. The summed E-state index contributed by atoms with van der Waals surface area (Å²) in [5, 5.41) is 3.49. The van der Waals surface area contributed by atoms with Crippen molar-refractivity contribution in [1.82, 2.24) is 10.3 Å². The van der Waals surface area contributed by atoms with E-state index in [2.05, 4.69) is 28.5 Å². The number of aryl methyl sites for hydroxylation is 1. The topological polar surface area (TPSA) is 42.0 Å². The highest BCUT2D eigenvalue weighted by molar-refractivity contribution is 6.34. The van der Waals surface area contributed by atoms with E-state index in [1.54, 1.807) is 12.1 Å². The summed E-state index contributed by atoms with van der Waals surface area (Å²) in [6.45, 7) is 0. The highest BCUT2D eigenvalue weighted by Gasteiger charge is 2.20. The molecular weight excluding hydrogens is 319 g/mol. The van der Waals surface area contributed by atoms with Crippen molar-refractivity contribution in [2.75, 3.05) is 0 Å². The normalized spacial score (nSPS) is 17.5. The minimum absolute atomic E-state index is 0.114. The first-order chi connectivity index (χ1) is 10.6. The van der Waals surface area contributed by atoms with Crippen molar-refractivity contribution in [3.8, 4) is 0 Å². The van der Waals surface area contributed by atoms with Crippen molar-refractivity contribution >= 4 is 29.1 Å². The molecule has 1 N–H and O–H groups in total. The summed E-state index contributed by atoms with van der Waals surface area (Å²) in [7, 11) is 0. The lowest BCUT2D eigenvalue weighted by Gasteiger charge is -2.17. The van der Waals surface area contributed by atoms with Gasteiger partial charge in [0.25, 0.3) is 5.91 Å². The van der Waals surface area contributed by atoms with E-state index in [1.165, 1.54) is 11.1 Å². The van der Waals surface area contributed by atoms with Crippen LogP contribution in [0.2, 0.25) is 10.3 Å². The lowest BCUT2D eigenvalue weighted by Crippen LogP contribution is -2.36. The van der Waals surface area contributed by atoms with E-state index in [0.29, 0.717) is 5.56 Å². The van der Waals surface area contributed by atoms with E-state index in [1.807, 2.05) is 6.07 Å². The molecule has 2 aromatic rings. The Morgan fingerprint density at radius 2 is 1.91 bits per heavy atom. The Morgan fingerprint density at radius 1 is 1.14 bits per heavy atom. The molecule has 1 aliphatic rings. The van der Waals surface area contributed by atoms with Crippen LogP contribution in [0.25, 0.3) is 0 Å². The van der Waals surface area contributed by atoms with Gasteiger partial charge in [-0.3, -0.25) is 4.79 Å². The second-order valence-electron chi connectivity index (χ2n) is 5.51. The molecule has 1 heterocycles. The fraction of sp³-hybridized carbons (Fsp3) is 0.294. The number of carbonyl (C=O) groups excluding carboxylic acids is 1. The molecule has 0 aliphatic heterocycles. The number of hydrogen-bond donors (Lipinski definition) is 1. The van der Waals surface area contributed by atoms with E-state index in [0.717, 1.165) is 25.7 Å². The Hall–Kier alpha value is -1.58. The Labute approximate surface area is 139 Å². The zero-order valence-corrected chi connectivity index (χ0v) is 13.5. The van der Waals surface area contributed by atoms with Crippen molar-refractivity contribution in [2.24, 2.45) is 0 Å². The SMILES string of the molecule is O=C(NC1CCCc2ccccc2C1)c1ccc(Cl)nc1Cl. The molecule has 114 valence electrons. The molecule has 1 amide bonds. The van der Waals surface area contributed by atoms with Gasteiger partial charge in [-0.15, -0.1) is 0 Å². The molecule has 22 heavy (non-hydrogen) atoms. The molecule has 0 spiro atoms. The second-order valence-corrected chi connectivity index (χ2v) is 6.25. The van der Waals surface area contributed by atoms with Gasteiger partial charge < -0.3 is 5.32 Å². The summed E-state index contributed by atoms with van der Waals surface area (Å²) >= 11 is 11.8. The number of fused-ring (bicyclic) bond motifs is 1. The third-order valence-electron chi connectivity index (χ3n) is 3.98. The molecule has 3 rings (SSSR count). The van der Waals surface area contributed by atoms with E-state index in [9.17, 15) is 4.79 Å². The van der Waals surface area contributed by atoms with Gasteiger partial charge >= 0.3 is 0 Å². The van der Waals surface area contributed by atoms with Crippen LogP contribution in [0, 0.1) is 0 Å². The molecule has 1 atom stereocenters. The predicted octanol–water partition coefficient (Wildman–Crippen LogP) is 4.07. The Morgan fingerprint density at radius 3 is 2.68 bits per heavy atom. The molecule has 0 saturated heterocycles. The highest BCUT2D eigenvalue weighted by atomic mass is 35.5. The van der Waals surface area contributed by atoms with Crippen molar-refractivity contribution in [1.29, 1.82) is 0 Å². The first-order valence-corrected chi connectivity index (χ1v) is 8.09. The van der Waals surface area contributed by atoms with Crippen LogP contribution in [0.3, 0.4) is 0 Å². The quantitative estimate of drug-likeness (QED) is 0.664. The van der Waals surface area contributed by atoms with E-state index < -0.39 is 0 Å². The number of rotatable bonds is 2. The van der Waals surface area contributed by atoms with Gasteiger partial charge in [-0.1, -0.05) is 47.5 Å². The average molecular weight is 335 g/mol. The Kier molecular flexibility index (Phi) is 4.65. The standard InChI is InChI=1S/C17H16Cl2N2O/c18-15-9-8-14(16(19)21-15)17(22)20-13-7-3-6-11-4-1-2-5-12(11)10-13/h1-2,4-5,8-9,13H,3,6-7,10H2,(H,20,22). The summed E-state index contributed by atoms with van der Waals surface area (Å²) in [5.41, 5.74) is 3.06. The van der Waals surface area contributed by atoms with Crippen LogP contribution in [-0.2, 0) is 12.8 Å². The summed E-state index contributed by atoms with van der Waals surface area (Å²) in [5.74, 6) is -0.196. The molecule has 5 heteroatoms. The maximum absolute atomic E-state index is 12.4. The lowest BCUT2D eigenvalue weighted by atomic mass is 10.0. The third kappa shape index (κ3) is 3.42. The van der Waals surface area contributed by atoms with Gasteiger partial charge in [-0.05, 0) is 48.9 Å². The van der Waals surface area contributed by atoms with Gasteiger partial charge in [-0.2, -0.15) is 0 Å². The number of aromatic nitrogens is 1. The van der Waals surface area contributed by atoms with Gasteiger partial charge in [-0.25, -0.2) is 4.98 Å². The molecule has 0 fully saturated rings. The van der Waals surface area contributed by atoms with Crippen LogP contribution < -0.4 is 5.32 Å². The fourth-order valence-corrected chi connectivity index (χ4v) is 3.31. The summed E-state index contributed by atoms with van der Waals surface area (Å²) in [6.07, 6.45) is 3.93. The van der Waals surface area contributed by atoms with Crippen molar-refractivity contribution in [3.63, 3.8) is 0 Å². The number of hydrogen-bond acceptors (Lipinski definition) is 2. The summed E-state index contributed by atoms with van der Waals surface area (Å²) in [4.78, 5) is 16.3. The average Bonchev–Trinajstić information content (AvgIpc) is 2.68. The molecule has 3 nitrogen and oxygen atoms in total. The fourth-order valence-electron chi connectivity index (χ4n) is 2.87. The number of pyridine rings is 1. The molecule has 1 aromatic heterocycles. The minimum atomic E-state index is -0.196. The van der Waals surface area contributed by atoms with E-state index in [-0.39, 0.29) is 22.3 Å². The first-order valence-electron chi connectivity index (χ1n) is 7.33. The van der Waals surface area contributed by atoms with E-state index in [4.69, 9.17) is 23.2 Å². The van der Waals surface area contributed by atoms with Crippen LogP contribution in [0.4, 0.5) is 0 Å². The van der Waals surface area contributed by atoms with Crippen LogP contribution in [0.5, 0.6) is 0 Å². The molecular formula is C17H16Cl2N2O. The summed E-state index contributed by atoms with van der Waals surface area (Å²) in [6, 6.07) is 11.7. The largest absolute Gasteiger partial charge is 0.349 e. The zero-order valence-electron chi connectivity index (χ0n) is 12.0. The number of carbonyl (C=O) groups is 1. The first kappa shape index (κ1) is 15.3. The molecule has 0 radical (unpaired) electrons. The smallest absolute Gasteiger partial charge is 0.254 e. The number of amides is 1. The zero-order chi connectivity index (χ0) is 15.5. The van der Waals surface area contributed by atoms with Gasteiger partial charge in [0, 0.05) is 6.04 Å². The van der Waals surface area contributed by atoms with Gasteiger partial charge in [0.15, 0.2) is 0 Å². The molecule has 1 aliphatic carbocycles. The summed E-state index contributed by atoms with van der Waals surface area (Å²) < 4.78 is 0. The maximum atomic E-state index is 12.4. The Balaban J connectivity index is 1.74. The predicted molar refractivity (Wildman–Crippen MR) is 88.6 cm³/mol.